The second-order valence-corrected chi connectivity index (χ2v) is 7.47. The minimum absolute atomic E-state index is 0.285. The van der Waals surface area contributed by atoms with Crippen LogP contribution in [0, 0.1) is 6.92 Å². The van der Waals surface area contributed by atoms with Crippen LogP contribution in [0.2, 0.25) is 0 Å². The van der Waals surface area contributed by atoms with Crippen molar-refractivity contribution in [1.29, 1.82) is 0 Å². The van der Waals surface area contributed by atoms with E-state index >= 15 is 0 Å². The van der Waals surface area contributed by atoms with Gasteiger partial charge >= 0.3 is 0 Å². The van der Waals surface area contributed by atoms with Gasteiger partial charge in [-0.2, -0.15) is 0 Å². The summed E-state index contributed by atoms with van der Waals surface area (Å²) in [6.45, 7) is 3.49. The van der Waals surface area contributed by atoms with Crippen molar-refractivity contribution in [3.05, 3.63) is 46.8 Å². The van der Waals surface area contributed by atoms with Gasteiger partial charge in [-0.1, -0.05) is 12.1 Å². The van der Waals surface area contributed by atoms with Gasteiger partial charge in [-0.25, -0.2) is 8.42 Å². The fourth-order valence-electron chi connectivity index (χ4n) is 1.62. The van der Waals surface area contributed by atoms with Crippen molar-refractivity contribution in [2.45, 2.75) is 24.2 Å². The number of hydrogen-bond donors (Lipinski definition) is 2. The molecule has 0 fully saturated rings. The summed E-state index contributed by atoms with van der Waals surface area (Å²) < 4.78 is 27.1. The van der Waals surface area contributed by atoms with Crippen LogP contribution in [-0.2, 0) is 10.0 Å². The first-order valence-electron chi connectivity index (χ1n) is 5.76. The van der Waals surface area contributed by atoms with Crippen molar-refractivity contribution in [1.82, 2.24) is 0 Å². The molecule has 0 aliphatic heterocycles. The monoisotopic (exact) mass is 297 g/mol. The van der Waals surface area contributed by atoms with Crippen LogP contribution < -0.4 is 4.72 Å². The zero-order chi connectivity index (χ0) is 14.0. The highest BCUT2D eigenvalue weighted by molar-refractivity contribution is 7.94. The molecule has 0 amide bonds. The Balaban J connectivity index is 2.28. The van der Waals surface area contributed by atoms with Gasteiger partial charge in [0.2, 0.25) is 0 Å². The van der Waals surface area contributed by atoms with E-state index in [2.05, 4.69) is 4.72 Å². The lowest BCUT2D eigenvalue weighted by molar-refractivity contribution is 0.199. The van der Waals surface area contributed by atoms with Crippen LogP contribution in [0.1, 0.15) is 23.5 Å². The first-order chi connectivity index (χ1) is 8.88. The highest BCUT2D eigenvalue weighted by Crippen LogP contribution is 2.24. The Morgan fingerprint density at radius 3 is 2.58 bits per heavy atom. The molecule has 0 saturated carbocycles. The van der Waals surface area contributed by atoms with Gasteiger partial charge in [0.1, 0.15) is 4.21 Å². The molecule has 0 bridgehead atoms. The lowest BCUT2D eigenvalue weighted by Gasteiger charge is -2.09. The minimum atomic E-state index is -3.55. The molecule has 1 atom stereocenters. The largest absolute Gasteiger partial charge is 0.389 e. The van der Waals surface area contributed by atoms with Crippen molar-refractivity contribution in [3.8, 4) is 0 Å². The van der Waals surface area contributed by atoms with E-state index in [1.807, 2.05) is 6.92 Å². The van der Waals surface area contributed by atoms with E-state index in [1.54, 1.807) is 43.3 Å². The van der Waals surface area contributed by atoms with Gasteiger partial charge in [-0.15, -0.1) is 11.3 Å². The number of nitrogens with one attached hydrogen (secondary N) is 1. The standard InChI is InChI=1S/C13H15NO3S2/c1-9-6-7-13(18-9)19(16,17)14-12-5-3-4-11(8-12)10(2)15/h3-8,10,14-15H,1-2H3. The van der Waals surface area contributed by atoms with E-state index in [4.69, 9.17) is 0 Å². The van der Waals surface area contributed by atoms with Crippen LogP contribution in [0.25, 0.3) is 0 Å². The molecular formula is C13H15NO3S2. The molecule has 0 spiro atoms. The van der Waals surface area contributed by atoms with E-state index in [1.165, 1.54) is 11.3 Å². The van der Waals surface area contributed by atoms with Crippen molar-refractivity contribution >= 4 is 27.0 Å². The number of anilines is 1. The van der Waals surface area contributed by atoms with Crippen LogP contribution >= 0.6 is 11.3 Å². The van der Waals surface area contributed by atoms with Crippen LogP contribution in [-0.4, -0.2) is 13.5 Å². The number of thiophene rings is 1. The van der Waals surface area contributed by atoms with Gasteiger partial charge in [0.15, 0.2) is 0 Å². The summed E-state index contributed by atoms with van der Waals surface area (Å²) in [5, 5.41) is 9.49. The zero-order valence-corrected chi connectivity index (χ0v) is 12.3. The van der Waals surface area contributed by atoms with Crippen molar-refractivity contribution in [2.24, 2.45) is 0 Å². The molecule has 0 radical (unpaired) electrons. The maximum Gasteiger partial charge on any atom is 0.271 e. The molecule has 2 aromatic rings. The van der Waals surface area contributed by atoms with Crippen molar-refractivity contribution in [3.63, 3.8) is 0 Å². The molecular weight excluding hydrogens is 282 g/mol. The SMILES string of the molecule is Cc1ccc(S(=O)(=O)Nc2cccc(C(C)O)c2)s1. The first-order valence-corrected chi connectivity index (χ1v) is 8.06. The number of sulfonamides is 1. The summed E-state index contributed by atoms with van der Waals surface area (Å²) in [5.74, 6) is 0. The predicted molar refractivity (Wildman–Crippen MR) is 76.9 cm³/mol. The molecule has 2 rings (SSSR count). The molecule has 0 saturated heterocycles. The molecule has 1 aromatic heterocycles. The summed E-state index contributed by atoms with van der Waals surface area (Å²) in [4.78, 5) is 0.943. The van der Waals surface area contributed by atoms with Gasteiger partial charge in [0.05, 0.1) is 6.10 Å². The molecule has 6 heteroatoms. The average Bonchev–Trinajstić information content (AvgIpc) is 2.76. The molecule has 1 unspecified atom stereocenters. The number of aliphatic hydroxyl groups is 1. The van der Waals surface area contributed by atoms with Gasteiger partial charge in [0, 0.05) is 10.6 Å². The first kappa shape index (κ1) is 14.0. The van der Waals surface area contributed by atoms with Crippen molar-refractivity contribution in [2.75, 3.05) is 4.72 Å². The number of aryl methyl sites for hydroxylation is 1. The predicted octanol–water partition coefficient (Wildman–Crippen LogP) is 2.91. The Morgan fingerprint density at radius 2 is 2.00 bits per heavy atom. The molecule has 102 valence electrons. The third-order valence-corrected chi connectivity index (χ3v) is 5.48. The van der Waals surface area contributed by atoms with Gasteiger partial charge in [-0.05, 0) is 43.7 Å². The summed E-state index contributed by atoms with van der Waals surface area (Å²) >= 11 is 1.22. The molecule has 1 aromatic carbocycles. The lowest BCUT2D eigenvalue weighted by atomic mass is 10.1. The molecule has 1 heterocycles. The Bertz CT molecular complexity index is 675. The van der Waals surface area contributed by atoms with E-state index in [0.717, 1.165) is 4.88 Å². The van der Waals surface area contributed by atoms with E-state index < -0.39 is 16.1 Å². The minimum Gasteiger partial charge on any atom is -0.389 e. The lowest BCUT2D eigenvalue weighted by Crippen LogP contribution is -2.11. The molecule has 19 heavy (non-hydrogen) atoms. The third kappa shape index (κ3) is 3.34. The second-order valence-electron chi connectivity index (χ2n) is 4.27. The third-order valence-electron chi connectivity index (χ3n) is 2.60. The maximum atomic E-state index is 12.1. The van der Waals surface area contributed by atoms with E-state index in [9.17, 15) is 13.5 Å². The Hall–Kier alpha value is -1.37. The number of benzene rings is 1. The smallest absolute Gasteiger partial charge is 0.271 e. The fourth-order valence-corrected chi connectivity index (χ4v) is 3.96. The highest BCUT2D eigenvalue weighted by Gasteiger charge is 2.16. The summed E-state index contributed by atoms with van der Waals surface area (Å²) in [6.07, 6.45) is -0.631. The average molecular weight is 297 g/mol. The second kappa shape index (κ2) is 5.32. The highest BCUT2D eigenvalue weighted by atomic mass is 32.2. The number of rotatable bonds is 4. The van der Waals surface area contributed by atoms with E-state index in [0.29, 0.717) is 11.3 Å². The van der Waals surface area contributed by atoms with Gasteiger partial charge < -0.3 is 5.11 Å². The summed E-state index contributed by atoms with van der Waals surface area (Å²) in [6, 6.07) is 10.1. The summed E-state index contributed by atoms with van der Waals surface area (Å²) in [5.41, 5.74) is 1.12. The van der Waals surface area contributed by atoms with Gasteiger partial charge in [-0.3, -0.25) is 4.72 Å². The van der Waals surface area contributed by atoms with Crippen LogP contribution in [0.3, 0.4) is 0 Å². The number of aliphatic hydroxyl groups excluding tert-OH is 1. The molecule has 2 N–H and O–H groups in total. The zero-order valence-electron chi connectivity index (χ0n) is 10.6. The normalized spacial score (nSPS) is 13.2. The summed E-state index contributed by atoms with van der Waals surface area (Å²) in [7, 11) is -3.55. The Labute approximate surface area is 116 Å². The molecule has 0 aliphatic rings. The van der Waals surface area contributed by atoms with Crippen molar-refractivity contribution < 1.29 is 13.5 Å². The van der Waals surface area contributed by atoms with Crippen LogP contribution in [0.15, 0.2) is 40.6 Å². The maximum absolute atomic E-state index is 12.1. The number of hydrogen-bond acceptors (Lipinski definition) is 4. The van der Waals surface area contributed by atoms with Crippen LogP contribution in [0.5, 0.6) is 0 Å². The molecule has 0 aliphatic carbocycles. The topological polar surface area (TPSA) is 66.4 Å². The Kier molecular flexibility index (Phi) is 3.93. The quantitative estimate of drug-likeness (QED) is 0.912. The van der Waals surface area contributed by atoms with Crippen LogP contribution in [0.4, 0.5) is 5.69 Å². The van der Waals surface area contributed by atoms with Gasteiger partial charge in [0.25, 0.3) is 10.0 Å². The Morgan fingerprint density at radius 1 is 1.26 bits per heavy atom. The fraction of sp³-hybridized carbons (Fsp3) is 0.231. The molecule has 4 nitrogen and oxygen atoms in total. The van der Waals surface area contributed by atoms with E-state index in [-0.39, 0.29) is 4.21 Å².